The maximum absolute atomic E-state index is 5.26. The molecule has 3 heteroatoms. The average molecular weight is 258 g/mol. The van der Waals surface area contributed by atoms with Crippen LogP contribution in [0.1, 0.15) is 12.5 Å². The average Bonchev–Trinajstić information content (AvgIpc) is 2.27. The first-order valence-electron chi connectivity index (χ1n) is 5.24. The van der Waals surface area contributed by atoms with Crippen molar-refractivity contribution in [3.63, 3.8) is 0 Å². The first kappa shape index (κ1) is 13.2. The summed E-state index contributed by atoms with van der Waals surface area (Å²) in [7, 11) is 4.06. The number of benzene rings is 1. The molecule has 1 aromatic carbocycles. The molecule has 0 heterocycles. The van der Waals surface area contributed by atoms with E-state index in [2.05, 4.69) is 44.7 Å². The van der Waals surface area contributed by atoms with Crippen molar-refractivity contribution in [2.45, 2.75) is 6.92 Å². The summed E-state index contributed by atoms with van der Waals surface area (Å²) in [6.07, 6.45) is 3.92. The van der Waals surface area contributed by atoms with Crippen LogP contribution in [0.15, 0.2) is 30.3 Å². The van der Waals surface area contributed by atoms with Gasteiger partial charge in [-0.15, -0.1) is 0 Å². The molecule has 2 nitrogen and oxygen atoms in total. The number of hydrogen-bond donors (Lipinski definition) is 0. The molecule has 0 atom stereocenters. The molecule has 0 radical (unpaired) electrons. The zero-order valence-electron chi connectivity index (χ0n) is 9.90. The summed E-state index contributed by atoms with van der Waals surface area (Å²) in [5.74, 6) is 0. The number of rotatable bonds is 5. The Balaban J connectivity index is 2.65. The van der Waals surface area contributed by atoms with Crippen LogP contribution in [0, 0.1) is 0 Å². The molecular formula is C13H17MnNO. The molecule has 0 aliphatic rings. The number of ether oxygens (including phenoxy) is 1. The fourth-order valence-electron chi connectivity index (χ4n) is 1.23. The molecule has 0 aromatic heterocycles. The minimum absolute atomic E-state index is 0.671. The molecule has 0 amide bonds. The van der Waals surface area contributed by atoms with Crippen LogP contribution < -0.4 is 4.90 Å². The van der Waals surface area contributed by atoms with Gasteiger partial charge >= 0.3 is 105 Å². The number of anilines is 1. The maximum atomic E-state index is 5.26. The first-order chi connectivity index (χ1) is 7.63. The van der Waals surface area contributed by atoms with Gasteiger partial charge in [0.2, 0.25) is 0 Å². The second kappa shape index (κ2) is 6.64. The van der Waals surface area contributed by atoms with Crippen molar-refractivity contribution in [1.29, 1.82) is 0 Å². The van der Waals surface area contributed by atoms with Crippen molar-refractivity contribution in [3.8, 4) is 0 Å². The van der Waals surface area contributed by atoms with E-state index in [0.717, 1.165) is 10.2 Å². The van der Waals surface area contributed by atoms with Crippen molar-refractivity contribution < 1.29 is 20.3 Å². The molecule has 0 fully saturated rings. The molecule has 0 saturated carbocycles. The van der Waals surface area contributed by atoms with Gasteiger partial charge < -0.3 is 0 Å². The minimum atomic E-state index is 0.671. The van der Waals surface area contributed by atoms with Crippen molar-refractivity contribution in [2.75, 3.05) is 25.6 Å². The Morgan fingerprint density at radius 1 is 1.31 bits per heavy atom. The van der Waals surface area contributed by atoms with Gasteiger partial charge in [0.25, 0.3) is 0 Å². The molecule has 0 unspecified atom stereocenters. The zero-order chi connectivity index (χ0) is 12.0. The van der Waals surface area contributed by atoms with Crippen LogP contribution in [-0.2, 0) is 20.3 Å². The molecule has 1 aromatic rings. The predicted octanol–water partition coefficient (Wildman–Crippen LogP) is 2.48. The van der Waals surface area contributed by atoms with Gasteiger partial charge in [-0.2, -0.15) is 0 Å². The van der Waals surface area contributed by atoms with E-state index in [1.807, 2.05) is 33.2 Å². The monoisotopic (exact) mass is 258 g/mol. The SMILES string of the molecule is CCO[C](=[Mn])/C=C/c1ccc(N(C)C)cc1. The summed E-state index contributed by atoms with van der Waals surface area (Å²) in [4.78, 5) is 2.08. The Hall–Kier alpha value is -0.891. The van der Waals surface area contributed by atoms with Gasteiger partial charge in [-0.1, -0.05) is 0 Å². The summed E-state index contributed by atoms with van der Waals surface area (Å²) in [5, 5.41) is 0. The molecule has 1 rings (SSSR count). The van der Waals surface area contributed by atoms with E-state index in [-0.39, 0.29) is 0 Å². The fraction of sp³-hybridized carbons (Fsp3) is 0.308. The van der Waals surface area contributed by atoms with Crippen LogP contribution in [0.5, 0.6) is 0 Å². The Bertz CT molecular complexity index is 368. The molecule has 0 aliphatic heterocycles. The number of nitrogens with zero attached hydrogens (tertiary/aromatic N) is 1. The van der Waals surface area contributed by atoms with Gasteiger partial charge in [0.1, 0.15) is 0 Å². The van der Waals surface area contributed by atoms with Crippen LogP contribution in [0.4, 0.5) is 5.69 Å². The van der Waals surface area contributed by atoms with Crippen molar-refractivity contribution >= 4 is 16.4 Å². The second-order valence-electron chi connectivity index (χ2n) is 3.56. The summed E-state index contributed by atoms with van der Waals surface area (Å²) >= 11 is 3.33. The van der Waals surface area contributed by atoms with E-state index >= 15 is 0 Å². The predicted molar refractivity (Wildman–Crippen MR) is 66.4 cm³/mol. The zero-order valence-corrected chi connectivity index (χ0v) is 11.1. The summed E-state index contributed by atoms with van der Waals surface area (Å²) in [6, 6.07) is 8.35. The van der Waals surface area contributed by atoms with Crippen LogP contribution in [0.2, 0.25) is 0 Å². The quantitative estimate of drug-likeness (QED) is 0.752. The van der Waals surface area contributed by atoms with Crippen LogP contribution in [0.25, 0.3) is 6.08 Å². The number of hydrogen-bond acceptors (Lipinski definition) is 2. The van der Waals surface area contributed by atoms with E-state index in [9.17, 15) is 0 Å². The van der Waals surface area contributed by atoms with E-state index in [4.69, 9.17) is 4.74 Å². The fourth-order valence-corrected chi connectivity index (χ4v) is 1.50. The van der Waals surface area contributed by atoms with Crippen molar-refractivity contribution in [3.05, 3.63) is 35.9 Å². The first-order valence-corrected chi connectivity index (χ1v) is 5.83. The molecule has 87 valence electrons. The second-order valence-corrected chi connectivity index (χ2v) is 4.14. The molecular weight excluding hydrogens is 241 g/mol. The van der Waals surface area contributed by atoms with Gasteiger partial charge in [-0.3, -0.25) is 0 Å². The Kier molecular flexibility index (Phi) is 5.47. The third-order valence-electron chi connectivity index (χ3n) is 2.10. The van der Waals surface area contributed by atoms with Crippen molar-refractivity contribution in [1.82, 2.24) is 0 Å². The molecule has 0 saturated heterocycles. The van der Waals surface area contributed by atoms with Crippen LogP contribution in [-0.4, -0.2) is 25.3 Å². The topological polar surface area (TPSA) is 12.5 Å². The Morgan fingerprint density at radius 3 is 2.44 bits per heavy atom. The van der Waals surface area contributed by atoms with Gasteiger partial charge in [0, 0.05) is 0 Å². The van der Waals surface area contributed by atoms with E-state index in [1.54, 1.807) is 0 Å². The summed E-state index contributed by atoms with van der Waals surface area (Å²) in [6.45, 7) is 2.63. The van der Waals surface area contributed by atoms with E-state index in [1.165, 1.54) is 5.69 Å². The molecule has 0 bridgehead atoms. The van der Waals surface area contributed by atoms with E-state index < -0.39 is 0 Å². The van der Waals surface area contributed by atoms with Gasteiger partial charge in [-0.05, 0) is 0 Å². The summed E-state index contributed by atoms with van der Waals surface area (Å²) < 4.78 is 6.02. The molecule has 0 aliphatic carbocycles. The normalized spacial score (nSPS) is 10.7. The van der Waals surface area contributed by atoms with Crippen LogP contribution >= 0.6 is 0 Å². The molecule has 16 heavy (non-hydrogen) atoms. The van der Waals surface area contributed by atoms with Crippen molar-refractivity contribution in [2.24, 2.45) is 0 Å². The standard InChI is InChI=1S/C13H17NO.Mn/c1-4-15-11-5-6-12-7-9-13(10-8-12)14(2)3;/h5-10H,4H2,1-3H3;/b6-5+;. The third-order valence-corrected chi connectivity index (χ3v) is 2.47. The van der Waals surface area contributed by atoms with Gasteiger partial charge in [0.15, 0.2) is 0 Å². The molecule has 0 N–H and O–H groups in total. The third kappa shape index (κ3) is 4.31. The van der Waals surface area contributed by atoms with Crippen LogP contribution in [0.3, 0.4) is 0 Å². The van der Waals surface area contributed by atoms with Gasteiger partial charge in [0.05, 0.1) is 0 Å². The van der Waals surface area contributed by atoms with Gasteiger partial charge in [-0.25, -0.2) is 0 Å². The molecule has 0 spiro atoms. The van der Waals surface area contributed by atoms with E-state index in [0.29, 0.717) is 6.61 Å². The Labute approximate surface area is 105 Å². The summed E-state index contributed by atoms with van der Waals surface area (Å²) in [5.41, 5.74) is 2.35. The Morgan fingerprint density at radius 2 is 1.94 bits per heavy atom.